The van der Waals surface area contributed by atoms with Gasteiger partial charge in [0.1, 0.15) is 11.5 Å². The van der Waals surface area contributed by atoms with Gasteiger partial charge in [0, 0.05) is 16.6 Å². The Morgan fingerprint density at radius 2 is 1.77 bits per heavy atom. The van der Waals surface area contributed by atoms with Crippen LogP contribution in [0.5, 0.6) is 11.5 Å². The predicted molar refractivity (Wildman–Crippen MR) is 106 cm³/mol. The third-order valence-electron chi connectivity index (χ3n) is 4.54. The summed E-state index contributed by atoms with van der Waals surface area (Å²) in [6.45, 7) is 2.22. The number of rotatable bonds is 6. The van der Waals surface area contributed by atoms with E-state index in [-0.39, 0.29) is 29.6 Å². The first kappa shape index (κ1) is 21.3. The fourth-order valence-corrected chi connectivity index (χ4v) is 3.31. The van der Waals surface area contributed by atoms with Crippen LogP contribution in [0, 0.1) is 6.92 Å². The molecule has 0 aliphatic heterocycles. The number of esters is 1. The lowest BCUT2D eigenvalue weighted by molar-refractivity contribution is -0.146. The summed E-state index contributed by atoms with van der Waals surface area (Å²) in [4.78, 5) is 25.4. The zero-order valence-corrected chi connectivity index (χ0v) is 16.7. The summed E-state index contributed by atoms with van der Waals surface area (Å²) in [6.07, 6.45) is -0.346. The van der Waals surface area contributed by atoms with Crippen molar-refractivity contribution in [1.82, 2.24) is 4.57 Å². The van der Waals surface area contributed by atoms with Crippen LogP contribution < -0.4 is 4.74 Å². The van der Waals surface area contributed by atoms with Gasteiger partial charge in [-0.3, -0.25) is 14.2 Å². The Bertz CT molecular complexity index is 1090. The number of benzene rings is 2. The molecule has 30 heavy (non-hydrogen) atoms. The zero-order chi connectivity index (χ0) is 22.0. The Hall–Kier alpha value is -3.42. The van der Waals surface area contributed by atoms with E-state index in [1.54, 1.807) is 26.8 Å². The van der Waals surface area contributed by atoms with Crippen LogP contribution in [0.3, 0.4) is 0 Å². The molecule has 0 spiro atoms. The molecule has 0 unspecified atom stereocenters. The lowest BCUT2D eigenvalue weighted by Gasteiger charge is -2.10. The Morgan fingerprint density at radius 3 is 2.37 bits per heavy atom. The van der Waals surface area contributed by atoms with Crippen molar-refractivity contribution in [2.45, 2.75) is 39.9 Å². The van der Waals surface area contributed by atoms with E-state index < -0.39 is 18.5 Å². The van der Waals surface area contributed by atoms with Gasteiger partial charge in [0.25, 0.3) is 5.91 Å². The summed E-state index contributed by atoms with van der Waals surface area (Å²) < 4.78 is 35.6. The molecule has 0 saturated heterocycles. The predicted octanol–water partition coefficient (Wildman–Crippen LogP) is 4.44. The summed E-state index contributed by atoms with van der Waals surface area (Å²) in [5.41, 5.74) is 1.85. The van der Waals surface area contributed by atoms with Crippen LogP contribution in [0.2, 0.25) is 0 Å². The van der Waals surface area contributed by atoms with E-state index in [2.05, 4.69) is 4.74 Å². The molecule has 0 radical (unpaired) electrons. The Balaban J connectivity index is 2.04. The number of carbonyl (C=O) groups excluding carboxylic acids is 2. The van der Waals surface area contributed by atoms with Crippen molar-refractivity contribution in [2.24, 2.45) is 0 Å². The molecule has 3 aromatic rings. The maximum atomic E-state index is 13.2. The van der Waals surface area contributed by atoms with Gasteiger partial charge >= 0.3 is 12.6 Å². The number of phenolic OH excluding ortho intramolecular Hbond substituents is 1. The van der Waals surface area contributed by atoms with E-state index in [4.69, 9.17) is 4.74 Å². The highest BCUT2D eigenvalue weighted by molar-refractivity contribution is 6.05. The lowest BCUT2D eigenvalue weighted by Crippen LogP contribution is -2.16. The summed E-state index contributed by atoms with van der Waals surface area (Å²) >= 11 is 0. The molecular formula is C22H21F2NO5. The maximum absolute atomic E-state index is 13.2. The quantitative estimate of drug-likeness (QED) is 0.600. The second-order valence-corrected chi connectivity index (χ2v) is 7.02. The number of aromatic nitrogens is 1. The molecule has 0 saturated carbocycles. The second-order valence-electron chi connectivity index (χ2n) is 7.02. The van der Waals surface area contributed by atoms with Crippen molar-refractivity contribution in [3.63, 3.8) is 0 Å². The average molecular weight is 417 g/mol. The number of halogens is 2. The SMILES string of the molecule is Cc1c(CC(=O)OC(C)C)c2cc(O)ccc2n1C(=O)c1ccc(OC(F)F)cc1. The van der Waals surface area contributed by atoms with Gasteiger partial charge in [-0.15, -0.1) is 0 Å². The average Bonchev–Trinajstić information content (AvgIpc) is 2.92. The first-order valence-electron chi connectivity index (χ1n) is 9.29. The molecule has 1 aromatic heterocycles. The van der Waals surface area contributed by atoms with E-state index in [1.807, 2.05) is 0 Å². The maximum Gasteiger partial charge on any atom is 0.387 e. The van der Waals surface area contributed by atoms with Crippen molar-refractivity contribution < 1.29 is 33.0 Å². The molecule has 2 aromatic carbocycles. The minimum atomic E-state index is -2.96. The van der Waals surface area contributed by atoms with Crippen molar-refractivity contribution in [1.29, 1.82) is 0 Å². The molecule has 0 aliphatic rings. The van der Waals surface area contributed by atoms with Gasteiger partial charge in [-0.25, -0.2) is 0 Å². The van der Waals surface area contributed by atoms with Crippen LogP contribution >= 0.6 is 0 Å². The van der Waals surface area contributed by atoms with E-state index in [0.717, 1.165) is 0 Å². The first-order chi connectivity index (χ1) is 14.2. The molecule has 0 aliphatic carbocycles. The van der Waals surface area contributed by atoms with Crippen molar-refractivity contribution in [3.8, 4) is 11.5 Å². The third-order valence-corrected chi connectivity index (χ3v) is 4.54. The molecule has 0 bridgehead atoms. The molecule has 0 fully saturated rings. The largest absolute Gasteiger partial charge is 0.508 e. The van der Waals surface area contributed by atoms with E-state index in [0.29, 0.717) is 22.2 Å². The number of carbonyl (C=O) groups is 2. The highest BCUT2D eigenvalue weighted by atomic mass is 19.3. The standard InChI is InChI=1S/C22H21F2NO5/c1-12(2)29-20(27)11-17-13(3)25(19-9-6-15(26)10-18(17)19)21(28)14-4-7-16(8-5-14)30-22(23)24/h4-10,12,22,26H,11H2,1-3H3. The summed E-state index contributed by atoms with van der Waals surface area (Å²) in [7, 11) is 0. The number of nitrogens with zero attached hydrogens (tertiary/aromatic N) is 1. The number of hydrogen-bond donors (Lipinski definition) is 1. The van der Waals surface area contributed by atoms with Crippen LogP contribution in [0.4, 0.5) is 8.78 Å². The molecule has 8 heteroatoms. The number of hydrogen-bond acceptors (Lipinski definition) is 5. The van der Waals surface area contributed by atoms with Gasteiger partial charge in [-0.05, 0) is 68.8 Å². The Morgan fingerprint density at radius 1 is 1.10 bits per heavy atom. The summed E-state index contributed by atoms with van der Waals surface area (Å²) in [5, 5.41) is 10.5. The highest BCUT2D eigenvalue weighted by Crippen LogP contribution is 2.31. The fraction of sp³-hybridized carbons (Fsp3) is 0.273. The van der Waals surface area contributed by atoms with Gasteiger partial charge in [0.2, 0.25) is 0 Å². The summed E-state index contributed by atoms with van der Waals surface area (Å²) in [6, 6.07) is 9.86. The number of fused-ring (bicyclic) bond motifs is 1. The topological polar surface area (TPSA) is 77.8 Å². The number of ether oxygens (including phenoxy) is 2. The van der Waals surface area contributed by atoms with E-state index in [9.17, 15) is 23.5 Å². The minimum absolute atomic E-state index is 0.000855. The molecular weight excluding hydrogens is 396 g/mol. The Labute approximate surface area is 171 Å². The molecule has 0 atom stereocenters. The fourth-order valence-electron chi connectivity index (χ4n) is 3.31. The van der Waals surface area contributed by atoms with E-state index in [1.165, 1.54) is 41.0 Å². The van der Waals surface area contributed by atoms with Gasteiger partial charge in [-0.2, -0.15) is 8.78 Å². The molecule has 6 nitrogen and oxygen atoms in total. The number of phenols is 1. The van der Waals surface area contributed by atoms with Gasteiger partial charge in [0.15, 0.2) is 0 Å². The summed E-state index contributed by atoms with van der Waals surface area (Å²) in [5.74, 6) is -0.913. The molecule has 0 amide bonds. The lowest BCUT2D eigenvalue weighted by atomic mass is 10.1. The molecule has 158 valence electrons. The molecule has 3 rings (SSSR count). The van der Waals surface area contributed by atoms with Crippen LogP contribution in [-0.4, -0.2) is 34.3 Å². The van der Waals surface area contributed by atoms with Crippen molar-refractivity contribution in [3.05, 3.63) is 59.3 Å². The van der Waals surface area contributed by atoms with Crippen LogP contribution in [-0.2, 0) is 16.0 Å². The molecule has 1 N–H and O–H groups in total. The van der Waals surface area contributed by atoms with Crippen LogP contribution in [0.1, 0.15) is 35.5 Å². The zero-order valence-electron chi connectivity index (χ0n) is 16.7. The highest BCUT2D eigenvalue weighted by Gasteiger charge is 2.22. The number of aromatic hydroxyl groups is 1. The van der Waals surface area contributed by atoms with Crippen LogP contribution in [0.25, 0.3) is 10.9 Å². The van der Waals surface area contributed by atoms with Gasteiger partial charge in [0.05, 0.1) is 18.0 Å². The van der Waals surface area contributed by atoms with Crippen molar-refractivity contribution in [2.75, 3.05) is 0 Å². The first-order valence-corrected chi connectivity index (χ1v) is 9.29. The Kier molecular flexibility index (Phi) is 6.05. The van der Waals surface area contributed by atoms with Crippen LogP contribution in [0.15, 0.2) is 42.5 Å². The monoisotopic (exact) mass is 417 g/mol. The van der Waals surface area contributed by atoms with Gasteiger partial charge < -0.3 is 14.6 Å². The number of alkyl halides is 2. The van der Waals surface area contributed by atoms with E-state index >= 15 is 0 Å². The smallest absolute Gasteiger partial charge is 0.387 e. The third kappa shape index (κ3) is 4.42. The normalized spacial score (nSPS) is 11.3. The van der Waals surface area contributed by atoms with Gasteiger partial charge in [-0.1, -0.05) is 0 Å². The minimum Gasteiger partial charge on any atom is -0.508 e. The van der Waals surface area contributed by atoms with Crippen molar-refractivity contribution >= 4 is 22.8 Å². The molecule has 1 heterocycles. The second kappa shape index (κ2) is 8.52.